The Kier molecular flexibility index (Phi) is 4.31. The maximum absolute atomic E-state index is 5.44. The molecule has 0 radical (unpaired) electrons. The van der Waals surface area contributed by atoms with E-state index >= 15 is 0 Å². The van der Waals surface area contributed by atoms with E-state index in [1.807, 2.05) is 6.20 Å². The highest BCUT2D eigenvalue weighted by atomic mass is 16.5. The first-order chi connectivity index (χ1) is 7.88. The van der Waals surface area contributed by atoms with Crippen molar-refractivity contribution >= 4 is 0 Å². The zero-order valence-corrected chi connectivity index (χ0v) is 9.91. The molecule has 16 heavy (non-hydrogen) atoms. The average molecular weight is 220 g/mol. The summed E-state index contributed by atoms with van der Waals surface area (Å²) in [5.74, 6) is 0. The van der Waals surface area contributed by atoms with E-state index in [2.05, 4.69) is 29.4 Å². The minimum Gasteiger partial charge on any atom is -0.375 e. The molecule has 1 aliphatic carbocycles. The Morgan fingerprint density at radius 2 is 2.31 bits per heavy atom. The molecule has 1 N–H and O–H groups in total. The molecular formula is C13H20N2O. The second kappa shape index (κ2) is 5.97. The van der Waals surface area contributed by atoms with Gasteiger partial charge in [-0.3, -0.25) is 4.98 Å². The number of aromatic nitrogens is 1. The topological polar surface area (TPSA) is 34.1 Å². The third-order valence-electron chi connectivity index (χ3n) is 2.66. The Hall–Kier alpha value is -0.930. The molecule has 3 nitrogen and oxygen atoms in total. The van der Waals surface area contributed by atoms with Gasteiger partial charge in [-0.15, -0.1) is 0 Å². The zero-order valence-electron chi connectivity index (χ0n) is 9.91. The lowest BCUT2D eigenvalue weighted by molar-refractivity contribution is 0.119. The Bertz CT molecular complexity index is 306. The van der Waals surface area contributed by atoms with Crippen molar-refractivity contribution in [1.82, 2.24) is 10.3 Å². The van der Waals surface area contributed by atoms with Gasteiger partial charge in [0, 0.05) is 25.4 Å². The summed E-state index contributed by atoms with van der Waals surface area (Å²) in [5, 5.41) is 3.47. The number of pyridine rings is 1. The van der Waals surface area contributed by atoms with Crippen LogP contribution < -0.4 is 5.32 Å². The molecule has 0 unspecified atom stereocenters. The van der Waals surface area contributed by atoms with Gasteiger partial charge in [0.2, 0.25) is 0 Å². The summed E-state index contributed by atoms with van der Waals surface area (Å²) in [7, 11) is 0. The van der Waals surface area contributed by atoms with Gasteiger partial charge in [-0.25, -0.2) is 0 Å². The quantitative estimate of drug-likeness (QED) is 0.716. The third kappa shape index (κ3) is 3.91. The van der Waals surface area contributed by atoms with Gasteiger partial charge in [0.15, 0.2) is 0 Å². The van der Waals surface area contributed by atoms with Gasteiger partial charge < -0.3 is 10.1 Å². The van der Waals surface area contributed by atoms with Crippen molar-refractivity contribution in [3.8, 4) is 0 Å². The number of nitrogens with one attached hydrogen (secondary N) is 1. The third-order valence-corrected chi connectivity index (χ3v) is 2.66. The molecule has 1 aromatic rings. The molecule has 0 aliphatic heterocycles. The van der Waals surface area contributed by atoms with Crippen LogP contribution in [0.15, 0.2) is 18.3 Å². The normalized spacial score (nSPS) is 15.3. The highest BCUT2D eigenvalue weighted by Crippen LogP contribution is 2.19. The number of ether oxygens (including phenoxy) is 1. The van der Waals surface area contributed by atoms with Crippen LogP contribution in [0.1, 0.15) is 37.4 Å². The fourth-order valence-corrected chi connectivity index (χ4v) is 1.52. The summed E-state index contributed by atoms with van der Waals surface area (Å²) in [4.78, 5) is 4.38. The van der Waals surface area contributed by atoms with Crippen molar-refractivity contribution in [3.05, 3.63) is 29.6 Å². The van der Waals surface area contributed by atoms with Crippen molar-refractivity contribution in [3.63, 3.8) is 0 Å². The summed E-state index contributed by atoms with van der Waals surface area (Å²) in [5.41, 5.74) is 2.27. The Morgan fingerprint density at radius 1 is 1.44 bits per heavy atom. The molecule has 0 amide bonds. The molecule has 3 heteroatoms. The lowest BCUT2D eigenvalue weighted by Gasteiger charge is -2.05. The van der Waals surface area contributed by atoms with E-state index < -0.39 is 0 Å². The zero-order chi connectivity index (χ0) is 11.2. The van der Waals surface area contributed by atoms with Crippen LogP contribution in [0.3, 0.4) is 0 Å². The summed E-state index contributed by atoms with van der Waals surface area (Å²) in [6, 6.07) is 4.94. The van der Waals surface area contributed by atoms with Gasteiger partial charge in [-0.1, -0.05) is 13.0 Å². The molecule has 0 saturated heterocycles. The van der Waals surface area contributed by atoms with Crippen LogP contribution in [-0.4, -0.2) is 17.6 Å². The highest BCUT2D eigenvalue weighted by molar-refractivity contribution is 5.13. The van der Waals surface area contributed by atoms with Gasteiger partial charge in [-0.05, 0) is 30.9 Å². The molecule has 1 saturated carbocycles. The molecule has 2 rings (SSSR count). The van der Waals surface area contributed by atoms with Gasteiger partial charge in [-0.2, -0.15) is 0 Å². The fraction of sp³-hybridized carbons (Fsp3) is 0.615. The van der Waals surface area contributed by atoms with Crippen LogP contribution in [-0.2, 0) is 17.9 Å². The predicted molar refractivity (Wildman–Crippen MR) is 64.0 cm³/mol. The monoisotopic (exact) mass is 220 g/mol. The lowest BCUT2D eigenvalue weighted by atomic mass is 10.2. The molecule has 1 aromatic heterocycles. The second-order valence-corrected chi connectivity index (χ2v) is 4.37. The standard InChI is InChI=1S/C13H20N2O/c1-2-7-16-10-13-4-3-11(9-15-13)8-14-12-5-6-12/h3-4,9,12,14H,2,5-8,10H2,1H3. The molecule has 0 aromatic carbocycles. The number of rotatable bonds is 7. The number of hydrogen-bond donors (Lipinski definition) is 1. The number of nitrogens with zero attached hydrogens (tertiary/aromatic N) is 1. The predicted octanol–water partition coefficient (Wildman–Crippen LogP) is 2.26. The van der Waals surface area contributed by atoms with Crippen LogP contribution in [0.4, 0.5) is 0 Å². The van der Waals surface area contributed by atoms with Gasteiger partial charge in [0.05, 0.1) is 12.3 Å². The Balaban J connectivity index is 1.74. The number of hydrogen-bond acceptors (Lipinski definition) is 3. The van der Waals surface area contributed by atoms with E-state index in [-0.39, 0.29) is 0 Å². The van der Waals surface area contributed by atoms with Crippen molar-refractivity contribution in [1.29, 1.82) is 0 Å². The largest absolute Gasteiger partial charge is 0.375 e. The van der Waals surface area contributed by atoms with E-state index in [1.54, 1.807) is 0 Å². The highest BCUT2D eigenvalue weighted by Gasteiger charge is 2.19. The molecule has 0 spiro atoms. The van der Waals surface area contributed by atoms with Crippen LogP contribution >= 0.6 is 0 Å². The van der Waals surface area contributed by atoms with E-state index in [9.17, 15) is 0 Å². The first-order valence-electron chi connectivity index (χ1n) is 6.13. The van der Waals surface area contributed by atoms with Crippen LogP contribution in [0, 0.1) is 0 Å². The molecule has 88 valence electrons. The van der Waals surface area contributed by atoms with Gasteiger partial charge >= 0.3 is 0 Å². The first-order valence-corrected chi connectivity index (χ1v) is 6.13. The van der Waals surface area contributed by atoms with Crippen molar-refractivity contribution in [2.24, 2.45) is 0 Å². The van der Waals surface area contributed by atoms with Crippen molar-refractivity contribution in [2.45, 2.75) is 45.4 Å². The molecule has 0 bridgehead atoms. The molecule has 1 heterocycles. The van der Waals surface area contributed by atoms with E-state index in [0.29, 0.717) is 6.61 Å². The van der Waals surface area contributed by atoms with Crippen LogP contribution in [0.5, 0.6) is 0 Å². The van der Waals surface area contributed by atoms with Gasteiger partial charge in [0.25, 0.3) is 0 Å². The van der Waals surface area contributed by atoms with Gasteiger partial charge in [0.1, 0.15) is 0 Å². The molecule has 1 fully saturated rings. The molecule has 0 atom stereocenters. The lowest BCUT2D eigenvalue weighted by Crippen LogP contribution is -2.15. The average Bonchev–Trinajstić information content (AvgIpc) is 3.12. The van der Waals surface area contributed by atoms with Crippen LogP contribution in [0.2, 0.25) is 0 Å². The minimum atomic E-state index is 0.629. The van der Waals surface area contributed by atoms with E-state index in [0.717, 1.165) is 31.3 Å². The Morgan fingerprint density at radius 3 is 2.94 bits per heavy atom. The van der Waals surface area contributed by atoms with E-state index in [1.165, 1.54) is 18.4 Å². The molecule has 1 aliphatic rings. The summed E-state index contributed by atoms with van der Waals surface area (Å²) < 4.78 is 5.44. The summed E-state index contributed by atoms with van der Waals surface area (Å²) >= 11 is 0. The smallest absolute Gasteiger partial charge is 0.0887 e. The fourth-order valence-electron chi connectivity index (χ4n) is 1.52. The first kappa shape index (κ1) is 11.6. The molecular weight excluding hydrogens is 200 g/mol. The minimum absolute atomic E-state index is 0.629. The maximum Gasteiger partial charge on any atom is 0.0887 e. The summed E-state index contributed by atoms with van der Waals surface area (Å²) in [6.07, 6.45) is 5.66. The van der Waals surface area contributed by atoms with Crippen molar-refractivity contribution < 1.29 is 4.74 Å². The van der Waals surface area contributed by atoms with E-state index in [4.69, 9.17) is 4.74 Å². The summed E-state index contributed by atoms with van der Waals surface area (Å²) in [6.45, 7) is 4.49. The van der Waals surface area contributed by atoms with Crippen LogP contribution in [0.25, 0.3) is 0 Å². The van der Waals surface area contributed by atoms with Crippen molar-refractivity contribution in [2.75, 3.05) is 6.61 Å². The Labute approximate surface area is 97.2 Å². The maximum atomic E-state index is 5.44. The SMILES string of the molecule is CCCOCc1ccc(CNC2CC2)cn1. The second-order valence-electron chi connectivity index (χ2n) is 4.37.